The Hall–Kier alpha value is -2.00. The average molecular weight is 268 g/mol. The van der Waals surface area contributed by atoms with Gasteiger partial charge < -0.3 is 15.4 Å². The van der Waals surface area contributed by atoms with Crippen molar-refractivity contribution in [2.45, 2.75) is 18.9 Å². The highest BCUT2D eigenvalue weighted by Gasteiger charge is 2.23. The fourth-order valence-corrected chi connectivity index (χ4v) is 2.75. The van der Waals surface area contributed by atoms with Crippen LogP contribution in [0.15, 0.2) is 54.6 Å². The summed E-state index contributed by atoms with van der Waals surface area (Å²) in [5.41, 5.74) is 7.06. The molecule has 2 N–H and O–H groups in total. The van der Waals surface area contributed by atoms with Crippen LogP contribution in [0.1, 0.15) is 12.8 Å². The van der Waals surface area contributed by atoms with E-state index in [9.17, 15) is 0 Å². The Morgan fingerprint density at radius 1 is 1.00 bits per heavy atom. The zero-order valence-electron chi connectivity index (χ0n) is 11.5. The average Bonchev–Trinajstić information content (AvgIpc) is 2.98. The lowest BCUT2D eigenvalue weighted by atomic mass is 10.2. The Morgan fingerprint density at radius 2 is 1.70 bits per heavy atom. The molecule has 3 heteroatoms. The summed E-state index contributed by atoms with van der Waals surface area (Å²) in [5, 5.41) is 0. The lowest BCUT2D eigenvalue weighted by Gasteiger charge is -2.25. The first-order valence-corrected chi connectivity index (χ1v) is 7.16. The molecule has 1 saturated heterocycles. The number of hydrogen-bond donors (Lipinski definition) is 1. The predicted molar refractivity (Wildman–Crippen MR) is 82.4 cm³/mol. The molecule has 0 amide bonds. The van der Waals surface area contributed by atoms with Crippen molar-refractivity contribution in [3.8, 4) is 11.5 Å². The van der Waals surface area contributed by atoms with Crippen LogP contribution in [-0.4, -0.2) is 19.1 Å². The van der Waals surface area contributed by atoms with Gasteiger partial charge in [-0.1, -0.05) is 18.2 Å². The molecule has 20 heavy (non-hydrogen) atoms. The molecule has 2 aromatic rings. The van der Waals surface area contributed by atoms with E-state index >= 15 is 0 Å². The van der Waals surface area contributed by atoms with Crippen LogP contribution in [0.3, 0.4) is 0 Å². The third-order valence-electron chi connectivity index (χ3n) is 3.80. The van der Waals surface area contributed by atoms with Crippen molar-refractivity contribution in [3.05, 3.63) is 54.6 Å². The topological polar surface area (TPSA) is 38.5 Å². The Morgan fingerprint density at radius 3 is 2.40 bits per heavy atom. The minimum absolute atomic E-state index is 0.482. The molecule has 0 aromatic heterocycles. The maximum atomic E-state index is 5.83. The highest BCUT2D eigenvalue weighted by Crippen LogP contribution is 2.28. The summed E-state index contributed by atoms with van der Waals surface area (Å²) in [6.07, 6.45) is 2.42. The van der Waals surface area contributed by atoms with Crippen molar-refractivity contribution in [3.63, 3.8) is 0 Å². The van der Waals surface area contributed by atoms with Crippen molar-refractivity contribution < 1.29 is 4.74 Å². The summed E-state index contributed by atoms with van der Waals surface area (Å²) in [5.74, 6) is 1.73. The van der Waals surface area contributed by atoms with Crippen LogP contribution in [-0.2, 0) is 0 Å². The lowest BCUT2D eigenvalue weighted by Crippen LogP contribution is -2.35. The molecule has 1 fully saturated rings. The van der Waals surface area contributed by atoms with Gasteiger partial charge in [0.05, 0.1) is 0 Å². The zero-order valence-corrected chi connectivity index (χ0v) is 11.5. The molecule has 0 saturated carbocycles. The van der Waals surface area contributed by atoms with Gasteiger partial charge in [-0.25, -0.2) is 0 Å². The largest absolute Gasteiger partial charge is 0.457 e. The van der Waals surface area contributed by atoms with Crippen LogP contribution in [0, 0.1) is 0 Å². The van der Waals surface area contributed by atoms with Gasteiger partial charge in [-0.2, -0.15) is 0 Å². The van der Waals surface area contributed by atoms with E-state index in [1.54, 1.807) is 0 Å². The third-order valence-corrected chi connectivity index (χ3v) is 3.80. The normalized spacial score (nSPS) is 18.2. The molecule has 1 aliphatic heterocycles. The summed E-state index contributed by atoms with van der Waals surface area (Å²) in [6.45, 7) is 1.82. The van der Waals surface area contributed by atoms with Crippen LogP contribution in [0.5, 0.6) is 11.5 Å². The van der Waals surface area contributed by atoms with Gasteiger partial charge in [0.25, 0.3) is 0 Å². The number of ether oxygens (including phenoxy) is 1. The molecular weight excluding hydrogens is 248 g/mol. The summed E-state index contributed by atoms with van der Waals surface area (Å²) in [7, 11) is 0. The third kappa shape index (κ3) is 2.78. The van der Waals surface area contributed by atoms with E-state index in [1.165, 1.54) is 18.5 Å². The fraction of sp³-hybridized carbons (Fsp3) is 0.294. The van der Waals surface area contributed by atoms with E-state index in [1.807, 2.05) is 42.5 Å². The van der Waals surface area contributed by atoms with E-state index in [4.69, 9.17) is 10.5 Å². The quantitative estimate of drug-likeness (QED) is 0.923. The standard InChI is InChI=1S/C17H20N2O/c18-13-15-5-4-12-19(15)14-8-10-17(11-9-14)20-16-6-2-1-3-7-16/h1-3,6-11,15H,4-5,12-13,18H2. The monoisotopic (exact) mass is 268 g/mol. The van der Waals surface area contributed by atoms with Gasteiger partial charge in [-0.3, -0.25) is 0 Å². The maximum Gasteiger partial charge on any atom is 0.127 e. The SMILES string of the molecule is NCC1CCCN1c1ccc(Oc2ccccc2)cc1. The van der Waals surface area contributed by atoms with Crippen molar-refractivity contribution in [1.82, 2.24) is 0 Å². The molecule has 104 valence electrons. The molecule has 0 spiro atoms. The van der Waals surface area contributed by atoms with Crippen LogP contribution in [0.25, 0.3) is 0 Å². The summed E-state index contributed by atoms with van der Waals surface area (Å²) >= 11 is 0. The van der Waals surface area contributed by atoms with Crippen LogP contribution in [0.2, 0.25) is 0 Å². The highest BCUT2D eigenvalue weighted by atomic mass is 16.5. The number of para-hydroxylation sites is 1. The molecule has 0 bridgehead atoms. The van der Waals surface area contributed by atoms with E-state index in [0.717, 1.165) is 24.6 Å². The second kappa shape index (κ2) is 5.97. The molecule has 1 heterocycles. The Balaban J connectivity index is 1.71. The first kappa shape index (κ1) is 13.0. The number of hydrogen-bond acceptors (Lipinski definition) is 3. The van der Waals surface area contributed by atoms with Gasteiger partial charge in [0.2, 0.25) is 0 Å². The molecule has 0 aliphatic carbocycles. The van der Waals surface area contributed by atoms with Crippen molar-refractivity contribution in [2.75, 3.05) is 18.0 Å². The maximum absolute atomic E-state index is 5.83. The van der Waals surface area contributed by atoms with Gasteiger partial charge >= 0.3 is 0 Å². The highest BCUT2D eigenvalue weighted by molar-refractivity contribution is 5.51. The second-order valence-corrected chi connectivity index (χ2v) is 5.13. The Kier molecular flexibility index (Phi) is 3.88. The predicted octanol–water partition coefficient (Wildman–Crippen LogP) is 3.41. The number of nitrogens with two attached hydrogens (primary N) is 1. The first-order valence-electron chi connectivity index (χ1n) is 7.16. The smallest absolute Gasteiger partial charge is 0.127 e. The van der Waals surface area contributed by atoms with Crippen molar-refractivity contribution in [1.29, 1.82) is 0 Å². The molecule has 1 aliphatic rings. The number of benzene rings is 2. The molecule has 1 atom stereocenters. The molecule has 1 unspecified atom stereocenters. The van der Waals surface area contributed by atoms with Crippen LogP contribution < -0.4 is 15.4 Å². The molecule has 3 nitrogen and oxygen atoms in total. The van der Waals surface area contributed by atoms with Gasteiger partial charge in [0.15, 0.2) is 0 Å². The van der Waals surface area contributed by atoms with Gasteiger partial charge in [0.1, 0.15) is 11.5 Å². The van der Waals surface area contributed by atoms with Crippen molar-refractivity contribution >= 4 is 5.69 Å². The minimum Gasteiger partial charge on any atom is -0.457 e. The Labute approximate surface area is 120 Å². The van der Waals surface area contributed by atoms with Crippen molar-refractivity contribution in [2.24, 2.45) is 5.73 Å². The van der Waals surface area contributed by atoms with Gasteiger partial charge in [-0.05, 0) is 49.2 Å². The molecular formula is C17H20N2O. The second-order valence-electron chi connectivity index (χ2n) is 5.13. The zero-order chi connectivity index (χ0) is 13.8. The van der Waals surface area contributed by atoms with Gasteiger partial charge in [0, 0.05) is 24.8 Å². The summed E-state index contributed by atoms with van der Waals surface area (Å²) < 4.78 is 5.81. The van der Waals surface area contributed by atoms with Crippen LogP contribution in [0.4, 0.5) is 5.69 Å². The minimum atomic E-state index is 0.482. The molecule has 3 rings (SSSR count). The van der Waals surface area contributed by atoms with E-state index in [-0.39, 0.29) is 0 Å². The number of rotatable bonds is 4. The van der Waals surface area contributed by atoms with Gasteiger partial charge in [-0.15, -0.1) is 0 Å². The van der Waals surface area contributed by atoms with E-state index < -0.39 is 0 Å². The van der Waals surface area contributed by atoms with Crippen LogP contribution >= 0.6 is 0 Å². The van der Waals surface area contributed by atoms with E-state index in [0.29, 0.717) is 6.04 Å². The number of anilines is 1. The molecule has 0 radical (unpaired) electrons. The summed E-state index contributed by atoms with van der Waals surface area (Å²) in [6, 6.07) is 18.6. The first-order chi connectivity index (χ1) is 9.86. The lowest BCUT2D eigenvalue weighted by molar-refractivity contribution is 0.482. The summed E-state index contributed by atoms with van der Waals surface area (Å²) in [4.78, 5) is 2.40. The van der Waals surface area contributed by atoms with E-state index in [2.05, 4.69) is 17.0 Å². The Bertz CT molecular complexity index is 539. The fourth-order valence-electron chi connectivity index (χ4n) is 2.75. The number of nitrogens with zero attached hydrogens (tertiary/aromatic N) is 1. The molecule has 2 aromatic carbocycles.